The molecule has 9 heteroatoms. The molecule has 0 aliphatic carbocycles. The van der Waals surface area contributed by atoms with Gasteiger partial charge in [0.05, 0.1) is 20.8 Å². The molecule has 2 aromatic rings. The van der Waals surface area contributed by atoms with Gasteiger partial charge in [-0.2, -0.15) is 0 Å². The van der Waals surface area contributed by atoms with Gasteiger partial charge in [0.2, 0.25) is 5.91 Å². The number of amides is 3. The summed E-state index contributed by atoms with van der Waals surface area (Å²) in [6, 6.07) is 13.2. The van der Waals surface area contributed by atoms with Crippen LogP contribution in [0.2, 0.25) is 0 Å². The highest BCUT2D eigenvalue weighted by Crippen LogP contribution is 2.39. The van der Waals surface area contributed by atoms with Gasteiger partial charge in [-0.25, -0.2) is 0 Å². The summed E-state index contributed by atoms with van der Waals surface area (Å²) in [4.78, 5) is 43.3. The summed E-state index contributed by atoms with van der Waals surface area (Å²) in [7, 11) is 3.07. The second-order valence-corrected chi connectivity index (χ2v) is 9.34. The molecule has 0 saturated carbocycles. The number of nitrogens with zero attached hydrogens (tertiary/aromatic N) is 2. The van der Waals surface area contributed by atoms with E-state index in [1.807, 2.05) is 19.9 Å². The number of carbonyl (C=O) groups excluding carboxylic acids is 3. The molecule has 0 unspecified atom stereocenters. The van der Waals surface area contributed by atoms with E-state index in [0.29, 0.717) is 48.6 Å². The fraction of sp³-hybridized carbons (Fsp3) is 0.444. The van der Waals surface area contributed by atoms with Crippen LogP contribution in [0.25, 0.3) is 0 Å². The number of rotatable bonds is 6. The van der Waals surface area contributed by atoms with Crippen LogP contribution >= 0.6 is 0 Å². The zero-order valence-electron chi connectivity index (χ0n) is 21.2. The van der Waals surface area contributed by atoms with Crippen molar-refractivity contribution < 1.29 is 28.6 Å². The normalized spacial score (nSPS) is 18.9. The Hall–Kier alpha value is -3.59. The third kappa shape index (κ3) is 4.88. The molecular formula is C27H33N3O6. The lowest BCUT2D eigenvalue weighted by Gasteiger charge is -2.44. The van der Waals surface area contributed by atoms with Gasteiger partial charge in [0.25, 0.3) is 11.8 Å². The Bertz CT molecular complexity index is 1110. The van der Waals surface area contributed by atoms with Crippen LogP contribution in [0.1, 0.15) is 47.4 Å². The van der Waals surface area contributed by atoms with E-state index in [0.717, 1.165) is 0 Å². The van der Waals surface area contributed by atoms with E-state index in [2.05, 4.69) is 5.32 Å². The number of hydrogen-bond acceptors (Lipinski definition) is 6. The number of methoxy groups -OCH3 is 2. The summed E-state index contributed by atoms with van der Waals surface area (Å²) < 4.78 is 16.8. The summed E-state index contributed by atoms with van der Waals surface area (Å²) in [5.41, 5.74) is 0.0243. The van der Waals surface area contributed by atoms with E-state index in [1.54, 1.807) is 59.4 Å². The van der Waals surface area contributed by atoms with Gasteiger partial charge in [-0.1, -0.05) is 18.2 Å². The Morgan fingerprint density at radius 2 is 1.61 bits per heavy atom. The van der Waals surface area contributed by atoms with E-state index in [4.69, 9.17) is 14.2 Å². The molecule has 2 heterocycles. The molecule has 192 valence electrons. The smallest absolute Gasteiger partial charge is 0.256 e. The number of piperidine rings is 1. The molecule has 4 rings (SSSR count). The first-order valence-corrected chi connectivity index (χ1v) is 12.1. The Balaban J connectivity index is 1.55. The van der Waals surface area contributed by atoms with Gasteiger partial charge in [0, 0.05) is 43.1 Å². The molecule has 1 N–H and O–H groups in total. The van der Waals surface area contributed by atoms with Gasteiger partial charge in [-0.05, 0) is 44.2 Å². The highest BCUT2D eigenvalue weighted by Gasteiger charge is 2.54. The topological polar surface area (TPSA) is 97.4 Å². The highest BCUT2D eigenvalue weighted by molar-refractivity contribution is 5.98. The number of benzene rings is 2. The van der Waals surface area contributed by atoms with E-state index in [-0.39, 0.29) is 30.4 Å². The van der Waals surface area contributed by atoms with Crippen LogP contribution in [0.3, 0.4) is 0 Å². The van der Waals surface area contributed by atoms with Crippen molar-refractivity contribution >= 4 is 17.7 Å². The molecule has 2 fully saturated rings. The molecule has 2 aliphatic rings. The van der Waals surface area contributed by atoms with E-state index >= 15 is 0 Å². The molecule has 2 aliphatic heterocycles. The van der Waals surface area contributed by atoms with Gasteiger partial charge in [0.1, 0.15) is 11.8 Å². The lowest BCUT2D eigenvalue weighted by atomic mass is 9.96. The average molecular weight is 496 g/mol. The van der Waals surface area contributed by atoms with Crippen molar-refractivity contribution in [3.63, 3.8) is 0 Å². The van der Waals surface area contributed by atoms with Crippen LogP contribution in [0, 0.1) is 0 Å². The minimum absolute atomic E-state index is 0.0660. The minimum atomic E-state index is -0.958. The second kappa shape index (κ2) is 10.6. The third-order valence-electron chi connectivity index (χ3n) is 6.70. The third-order valence-corrected chi connectivity index (χ3v) is 6.70. The van der Waals surface area contributed by atoms with Crippen LogP contribution in [0.15, 0.2) is 48.5 Å². The molecule has 1 atom stereocenters. The summed E-state index contributed by atoms with van der Waals surface area (Å²) in [6.07, 6.45) is 0.798. The van der Waals surface area contributed by atoms with Crippen molar-refractivity contribution in [3.05, 3.63) is 59.7 Å². The van der Waals surface area contributed by atoms with E-state index in [1.165, 1.54) is 7.11 Å². The van der Waals surface area contributed by atoms with Crippen LogP contribution in [0.4, 0.5) is 0 Å². The van der Waals surface area contributed by atoms with Crippen molar-refractivity contribution in [1.82, 2.24) is 15.1 Å². The minimum Gasteiger partial charge on any atom is -0.493 e. The fourth-order valence-corrected chi connectivity index (χ4v) is 4.88. The zero-order valence-corrected chi connectivity index (χ0v) is 21.2. The van der Waals surface area contributed by atoms with E-state index in [9.17, 15) is 14.4 Å². The average Bonchev–Trinajstić information content (AvgIpc) is 3.26. The number of ether oxygens (including phenoxy) is 3. The lowest BCUT2D eigenvalue weighted by molar-refractivity contribution is -0.128. The Morgan fingerprint density at radius 1 is 0.944 bits per heavy atom. The van der Waals surface area contributed by atoms with E-state index < -0.39 is 11.8 Å². The standard InChI is InChI=1S/C27H33N3O6/c1-18(2)28-24(31)21-17-36-27(30(21)26(33)19-8-6-5-7-9-19)12-14-29(15-13-27)25(32)20-10-11-22(34-3)23(16-20)35-4/h5-11,16,18,21H,12-15,17H2,1-4H3,(H,28,31)/t21-/m1/s1. The summed E-state index contributed by atoms with van der Waals surface area (Å²) >= 11 is 0. The van der Waals surface area contributed by atoms with Crippen molar-refractivity contribution in [2.45, 2.75) is 44.5 Å². The molecule has 0 aromatic heterocycles. The maximum Gasteiger partial charge on any atom is 0.256 e. The second-order valence-electron chi connectivity index (χ2n) is 9.34. The number of hydrogen-bond donors (Lipinski definition) is 1. The lowest BCUT2D eigenvalue weighted by Crippen LogP contribution is -2.60. The molecule has 2 saturated heterocycles. The van der Waals surface area contributed by atoms with Gasteiger partial charge in [0.15, 0.2) is 11.5 Å². The molecule has 0 radical (unpaired) electrons. The molecule has 0 bridgehead atoms. The molecule has 9 nitrogen and oxygen atoms in total. The maximum absolute atomic E-state index is 13.6. The quantitative estimate of drug-likeness (QED) is 0.662. The number of likely N-dealkylation sites (tertiary alicyclic amines) is 1. The van der Waals surface area contributed by atoms with Crippen molar-refractivity contribution in [2.75, 3.05) is 33.9 Å². The number of carbonyl (C=O) groups is 3. The van der Waals surface area contributed by atoms with Crippen LogP contribution in [0.5, 0.6) is 11.5 Å². The number of nitrogens with one attached hydrogen (secondary N) is 1. The van der Waals surface area contributed by atoms with Crippen molar-refractivity contribution in [2.24, 2.45) is 0 Å². The summed E-state index contributed by atoms with van der Waals surface area (Å²) in [5, 5.41) is 2.91. The predicted octanol–water partition coefficient (Wildman–Crippen LogP) is 2.70. The van der Waals surface area contributed by atoms with Crippen molar-refractivity contribution in [3.8, 4) is 11.5 Å². The molecular weight excluding hydrogens is 462 g/mol. The molecule has 36 heavy (non-hydrogen) atoms. The summed E-state index contributed by atoms with van der Waals surface area (Å²) in [5.74, 6) is 0.395. The monoisotopic (exact) mass is 495 g/mol. The van der Waals surface area contributed by atoms with Crippen LogP contribution < -0.4 is 14.8 Å². The van der Waals surface area contributed by atoms with Gasteiger partial charge in [-0.3, -0.25) is 19.3 Å². The Labute approximate surface area is 211 Å². The largest absolute Gasteiger partial charge is 0.493 e. The Morgan fingerprint density at radius 3 is 2.22 bits per heavy atom. The SMILES string of the molecule is COc1ccc(C(=O)N2CCC3(CC2)OC[C@H](C(=O)NC(C)C)N3C(=O)c2ccccc2)cc1OC. The fourth-order valence-electron chi connectivity index (χ4n) is 4.88. The first-order chi connectivity index (χ1) is 17.3. The van der Waals surface area contributed by atoms with Crippen LogP contribution in [-0.2, 0) is 9.53 Å². The highest BCUT2D eigenvalue weighted by atomic mass is 16.5. The molecule has 3 amide bonds. The van der Waals surface area contributed by atoms with Gasteiger partial charge in [-0.15, -0.1) is 0 Å². The summed E-state index contributed by atoms with van der Waals surface area (Å²) in [6.45, 7) is 4.63. The Kier molecular flexibility index (Phi) is 7.49. The zero-order chi connectivity index (χ0) is 25.9. The molecule has 2 aromatic carbocycles. The van der Waals surface area contributed by atoms with Crippen molar-refractivity contribution in [1.29, 1.82) is 0 Å². The first kappa shape index (κ1) is 25.5. The van der Waals surface area contributed by atoms with Gasteiger partial charge >= 0.3 is 0 Å². The predicted molar refractivity (Wildman–Crippen MR) is 133 cm³/mol. The maximum atomic E-state index is 13.6. The molecule has 1 spiro atoms. The first-order valence-electron chi connectivity index (χ1n) is 12.1. The van der Waals surface area contributed by atoms with Crippen LogP contribution in [-0.4, -0.2) is 79.2 Å². The van der Waals surface area contributed by atoms with Gasteiger partial charge < -0.3 is 24.4 Å².